The lowest BCUT2D eigenvalue weighted by atomic mass is 9.83. The number of Topliss-reactive ketones (excluding diaryl/α,β-unsaturated/α-hetero) is 1. The van der Waals surface area contributed by atoms with Gasteiger partial charge in [0.15, 0.2) is 0 Å². The van der Waals surface area contributed by atoms with Crippen molar-refractivity contribution in [1.29, 1.82) is 0 Å². The lowest BCUT2D eigenvalue weighted by Crippen LogP contribution is -2.17. The number of carbonyl (C=O) groups is 1. The van der Waals surface area contributed by atoms with Gasteiger partial charge in [-0.25, -0.2) is 0 Å². The molecule has 0 bridgehead atoms. The third-order valence-electron chi connectivity index (χ3n) is 13.2. The van der Waals surface area contributed by atoms with E-state index in [1.54, 1.807) is 38.1 Å². The van der Waals surface area contributed by atoms with E-state index in [0.29, 0.717) is 78.8 Å². The van der Waals surface area contributed by atoms with Crippen molar-refractivity contribution in [1.82, 2.24) is 41.2 Å². The number of benzene rings is 8. The largest absolute Gasteiger partial charge is 0.507 e. The van der Waals surface area contributed by atoms with Gasteiger partial charge in [-0.15, -0.1) is 20.4 Å². The summed E-state index contributed by atoms with van der Waals surface area (Å²) in [5.41, 5.74) is 8.95. The number of tetrazole rings is 2. The van der Waals surface area contributed by atoms with Crippen LogP contribution in [0.15, 0.2) is 182 Å². The minimum Gasteiger partial charge on any atom is -0.507 e. The van der Waals surface area contributed by atoms with E-state index in [1.807, 2.05) is 158 Å². The Balaban J connectivity index is 0.848. The van der Waals surface area contributed by atoms with Gasteiger partial charge in [-0.1, -0.05) is 172 Å². The molecule has 6 N–H and O–H groups in total. The molecular weight excluding hydrogens is 933 g/mol. The summed E-state index contributed by atoms with van der Waals surface area (Å²) in [5, 5.41) is 75.0. The van der Waals surface area contributed by atoms with E-state index >= 15 is 0 Å². The van der Waals surface area contributed by atoms with Gasteiger partial charge < -0.3 is 29.9 Å². The molecule has 15 heteroatoms. The van der Waals surface area contributed by atoms with Crippen LogP contribution in [-0.2, 0) is 18.0 Å². The van der Waals surface area contributed by atoms with Crippen LogP contribution < -0.4 is 9.47 Å². The van der Waals surface area contributed by atoms with Gasteiger partial charge in [0.05, 0.1) is 11.1 Å². The van der Waals surface area contributed by atoms with Crippen LogP contribution in [0.5, 0.6) is 23.0 Å². The zero-order valence-corrected chi connectivity index (χ0v) is 40.2. The van der Waals surface area contributed by atoms with Crippen molar-refractivity contribution in [2.75, 3.05) is 0 Å². The first kappa shape index (κ1) is 48.3. The first-order valence-corrected chi connectivity index (χ1v) is 23.9. The fraction of sp³-hybridized carbons (Fsp3) is 0.136. The summed E-state index contributed by atoms with van der Waals surface area (Å²) >= 11 is 0. The predicted octanol–water partition coefficient (Wildman–Crippen LogP) is 10.6. The Morgan fingerprint density at radius 2 is 0.865 bits per heavy atom. The molecule has 0 amide bonds. The highest BCUT2D eigenvalue weighted by molar-refractivity contribution is 5.94. The fourth-order valence-corrected chi connectivity index (χ4v) is 9.13. The number of aliphatic hydroxyl groups excluding tert-OH is 2. The van der Waals surface area contributed by atoms with Crippen LogP contribution in [0.25, 0.3) is 45.0 Å². The Bertz CT molecular complexity index is 3270. The normalized spacial score (nSPS) is 12.9. The number of nitrogens with zero attached hydrogens (tertiary/aromatic N) is 6. The molecule has 4 atom stereocenters. The average molecular weight is 983 g/mol. The minimum atomic E-state index is -0.896. The maximum absolute atomic E-state index is 14.6. The van der Waals surface area contributed by atoms with Crippen molar-refractivity contribution >= 4 is 5.78 Å². The van der Waals surface area contributed by atoms with Crippen LogP contribution in [0.4, 0.5) is 0 Å². The summed E-state index contributed by atoms with van der Waals surface area (Å²) < 4.78 is 12.8. The van der Waals surface area contributed by atoms with Crippen LogP contribution in [0, 0.1) is 0 Å². The van der Waals surface area contributed by atoms with Crippen LogP contribution in [0.1, 0.15) is 82.4 Å². The van der Waals surface area contributed by atoms with Gasteiger partial charge in [0, 0.05) is 34.1 Å². The molecule has 15 nitrogen and oxygen atoms in total. The Hall–Kier alpha value is -9.31. The number of H-pyrrole nitrogens is 2. The Kier molecular flexibility index (Phi) is 14.1. The fourth-order valence-electron chi connectivity index (χ4n) is 9.13. The number of carbonyl (C=O) groups excluding carboxylic acids is 1. The molecule has 0 fully saturated rings. The molecule has 0 radical (unpaired) electrons. The molecule has 0 aliphatic heterocycles. The summed E-state index contributed by atoms with van der Waals surface area (Å²) in [7, 11) is 0. The van der Waals surface area contributed by atoms with E-state index in [0.717, 1.165) is 22.3 Å². The number of aliphatic hydroxyl groups is 2. The van der Waals surface area contributed by atoms with Crippen molar-refractivity contribution in [3.63, 3.8) is 0 Å². The molecule has 0 saturated heterocycles. The van der Waals surface area contributed by atoms with Gasteiger partial charge in [-0.05, 0) is 79.2 Å². The number of aromatic amines is 2. The molecule has 8 aromatic carbocycles. The average Bonchev–Trinajstić information content (AvgIpc) is 4.21. The lowest BCUT2D eigenvalue weighted by Gasteiger charge is -2.23. The lowest BCUT2D eigenvalue weighted by molar-refractivity contribution is -0.121. The maximum atomic E-state index is 14.6. The highest BCUT2D eigenvalue weighted by Crippen LogP contribution is 2.47. The second-order valence-electron chi connectivity index (χ2n) is 17.9. The molecule has 368 valence electrons. The number of nitrogens with one attached hydrogen (secondary N) is 2. The topological polar surface area (TPSA) is 225 Å². The SMILES string of the molecule is CC(C(=O)C(C)c1ccc(OCc2ccc(C(O)c3cccc(-c4nn[nH]n4)c3)cc2)c(-c2ccccc2)c1O)c1ccc(OCc2ccc(C(O)c3cccc(-c4nn[nH]n4)c3)cc2)c(-c2ccccc2)c1O. The molecule has 10 aromatic rings. The van der Waals surface area contributed by atoms with Crippen molar-refractivity contribution in [2.24, 2.45) is 0 Å². The van der Waals surface area contributed by atoms with Crippen LogP contribution in [0.2, 0.25) is 0 Å². The van der Waals surface area contributed by atoms with Crippen molar-refractivity contribution < 1.29 is 34.7 Å². The van der Waals surface area contributed by atoms with E-state index in [-0.39, 0.29) is 30.5 Å². The summed E-state index contributed by atoms with van der Waals surface area (Å²) in [4.78, 5) is 14.6. The van der Waals surface area contributed by atoms with Gasteiger partial charge in [-0.3, -0.25) is 4.79 Å². The molecule has 2 aromatic heterocycles. The number of ketones is 1. The zero-order valence-electron chi connectivity index (χ0n) is 40.2. The molecule has 0 aliphatic carbocycles. The number of phenolic OH excluding ortho intramolecular Hbond substituents is 2. The first-order valence-electron chi connectivity index (χ1n) is 23.9. The molecule has 74 heavy (non-hydrogen) atoms. The number of hydrogen-bond donors (Lipinski definition) is 6. The molecule has 4 unspecified atom stereocenters. The van der Waals surface area contributed by atoms with Crippen molar-refractivity contribution in [3.05, 3.63) is 226 Å². The minimum absolute atomic E-state index is 0.0848. The highest BCUT2D eigenvalue weighted by Gasteiger charge is 2.30. The third-order valence-corrected chi connectivity index (χ3v) is 13.2. The molecular formula is C59H50N8O7. The number of aromatic nitrogens is 8. The monoisotopic (exact) mass is 982 g/mol. The first-order chi connectivity index (χ1) is 36.1. The quantitative estimate of drug-likeness (QED) is 0.0471. The number of ether oxygens (including phenoxy) is 2. The van der Waals surface area contributed by atoms with Gasteiger partial charge >= 0.3 is 0 Å². The predicted molar refractivity (Wildman–Crippen MR) is 278 cm³/mol. The molecule has 0 saturated carbocycles. The molecule has 0 spiro atoms. The number of rotatable bonds is 18. The van der Waals surface area contributed by atoms with E-state index < -0.39 is 24.0 Å². The highest BCUT2D eigenvalue weighted by atomic mass is 16.5. The Labute approximate surface area is 425 Å². The van der Waals surface area contributed by atoms with Crippen LogP contribution in [0.3, 0.4) is 0 Å². The Morgan fingerprint density at radius 3 is 1.24 bits per heavy atom. The second kappa shape index (κ2) is 21.6. The van der Waals surface area contributed by atoms with E-state index in [4.69, 9.17) is 9.47 Å². The van der Waals surface area contributed by atoms with Crippen LogP contribution >= 0.6 is 0 Å². The molecule has 10 rings (SSSR count). The number of aromatic hydroxyl groups is 2. The number of phenols is 2. The van der Waals surface area contributed by atoms with E-state index in [2.05, 4.69) is 41.2 Å². The third kappa shape index (κ3) is 10.2. The second-order valence-corrected chi connectivity index (χ2v) is 17.9. The molecule has 2 heterocycles. The summed E-state index contributed by atoms with van der Waals surface area (Å²) in [5.74, 6) is -0.266. The summed E-state index contributed by atoms with van der Waals surface area (Å²) in [6.07, 6.45) is -1.79. The summed E-state index contributed by atoms with van der Waals surface area (Å²) in [6, 6.07) is 55.3. The standard InChI is InChI=1S/C59H50N8O7/c1-35(47-27-29-49(51(56(47)71)39-11-5-3-6-12-39)73-33-37-19-23-41(24-20-37)54(69)43-15-9-17-45(31-43)58-60-64-65-61-58)53(68)36(2)48-28-30-50(52(57(48)72)40-13-7-4-8-14-40)74-34-38-21-25-42(26-22-38)55(70)44-16-10-18-46(32-44)59-62-66-67-63-59/h3-32,35-36,54-55,69-72H,33-34H2,1-2H3,(H,60,61,64,65)(H,62,63,66,67). The van der Waals surface area contributed by atoms with Gasteiger partial charge in [-0.2, -0.15) is 10.4 Å². The summed E-state index contributed by atoms with van der Waals surface area (Å²) in [6.45, 7) is 3.83. The van der Waals surface area contributed by atoms with E-state index in [9.17, 15) is 25.2 Å². The van der Waals surface area contributed by atoms with Crippen LogP contribution in [-0.4, -0.2) is 67.5 Å². The maximum Gasteiger partial charge on any atom is 0.204 e. The number of hydrogen-bond acceptors (Lipinski definition) is 13. The molecule has 0 aliphatic rings. The van der Waals surface area contributed by atoms with E-state index in [1.165, 1.54) is 0 Å². The van der Waals surface area contributed by atoms with Gasteiger partial charge in [0.25, 0.3) is 0 Å². The Morgan fingerprint density at radius 1 is 0.473 bits per heavy atom. The van der Waals surface area contributed by atoms with Gasteiger partial charge in [0.1, 0.15) is 54.2 Å². The smallest absolute Gasteiger partial charge is 0.204 e. The zero-order chi connectivity index (χ0) is 51.1. The van der Waals surface area contributed by atoms with Crippen molar-refractivity contribution in [2.45, 2.75) is 51.1 Å². The van der Waals surface area contributed by atoms with Gasteiger partial charge in [0.2, 0.25) is 11.6 Å². The van der Waals surface area contributed by atoms with Crippen molar-refractivity contribution in [3.8, 4) is 68.0 Å².